The SMILES string of the molecule is Cc1noc(C)c1COc1ccccc1C(=O)OCC(=O)Nc1ccc(C(F)(F)F)cc1. The highest BCUT2D eigenvalue weighted by atomic mass is 19.4. The van der Waals surface area contributed by atoms with Crippen molar-refractivity contribution in [2.24, 2.45) is 0 Å². The smallest absolute Gasteiger partial charge is 0.416 e. The summed E-state index contributed by atoms with van der Waals surface area (Å²) in [6, 6.07) is 10.3. The summed E-state index contributed by atoms with van der Waals surface area (Å²) < 4.78 is 53.6. The van der Waals surface area contributed by atoms with E-state index in [1.54, 1.807) is 32.0 Å². The van der Waals surface area contributed by atoms with E-state index in [9.17, 15) is 22.8 Å². The zero-order valence-corrected chi connectivity index (χ0v) is 17.2. The summed E-state index contributed by atoms with van der Waals surface area (Å²) >= 11 is 0. The Kier molecular flexibility index (Phi) is 6.82. The van der Waals surface area contributed by atoms with Crippen molar-refractivity contribution >= 4 is 17.6 Å². The second-order valence-electron chi connectivity index (χ2n) is 6.79. The van der Waals surface area contributed by atoms with Crippen LogP contribution in [-0.4, -0.2) is 23.6 Å². The number of rotatable bonds is 7. The van der Waals surface area contributed by atoms with Gasteiger partial charge < -0.3 is 19.3 Å². The normalized spacial score (nSPS) is 11.2. The molecule has 0 aliphatic carbocycles. The van der Waals surface area contributed by atoms with Gasteiger partial charge in [0.1, 0.15) is 23.7 Å². The molecular weight excluding hydrogens is 429 g/mol. The average molecular weight is 448 g/mol. The van der Waals surface area contributed by atoms with Gasteiger partial charge in [0.25, 0.3) is 5.91 Å². The summed E-state index contributed by atoms with van der Waals surface area (Å²) in [5.41, 5.74) is 0.838. The molecule has 2 aromatic carbocycles. The Morgan fingerprint density at radius 3 is 2.38 bits per heavy atom. The highest BCUT2D eigenvalue weighted by Gasteiger charge is 2.30. The van der Waals surface area contributed by atoms with Crippen LogP contribution in [0.15, 0.2) is 53.1 Å². The predicted octanol–water partition coefficient (Wildman–Crippen LogP) is 4.68. The topological polar surface area (TPSA) is 90.7 Å². The molecular formula is C22H19F3N2O5. The number of carbonyl (C=O) groups is 2. The van der Waals surface area contributed by atoms with Crippen molar-refractivity contribution in [3.05, 3.63) is 76.7 Å². The summed E-state index contributed by atoms with van der Waals surface area (Å²) in [6.07, 6.45) is -4.47. The highest BCUT2D eigenvalue weighted by molar-refractivity contribution is 5.96. The van der Waals surface area contributed by atoms with Gasteiger partial charge in [0.2, 0.25) is 0 Å². The van der Waals surface area contributed by atoms with E-state index in [1.807, 2.05) is 0 Å². The molecule has 10 heteroatoms. The Balaban J connectivity index is 1.57. The van der Waals surface area contributed by atoms with Gasteiger partial charge in [0.15, 0.2) is 6.61 Å². The molecule has 3 rings (SSSR count). The summed E-state index contributed by atoms with van der Waals surface area (Å²) in [6.45, 7) is 3.01. The molecule has 0 atom stereocenters. The first-order valence-electron chi connectivity index (χ1n) is 9.43. The Hall–Kier alpha value is -3.82. The molecule has 0 saturated heterocycles. The molecule has 0 saturated carbocycles. The molecule has 1 heterocycles. The van der Waals surface area contributed by atoms with Crippen molar-refractivity contribution in [2.75, 3.05) is 11.9 Å². The van der Waals surface area contributed by atoms with Crippen molar-refractivity contribution in [3.8, 4) is 5.75 Å². The van der Waals surface area contributed by atoms with Crippen molar-refractivity contribution < 1.29 is 36.8 Å². The number of halogens is 3. The monoisotopic (exact) mass is 448 g/mol. The van der Waals surface area contributed by atoms with Crippen molar-refractivity contribution in [2.45, 2.75) is 26.6 Å². The first kappa shape index (κ1) is 22.9. The molecule has 7 nitrogen and oxygen atoms in total. The quantitative estimate of drug-likeness (QED) is 0.528. The van der Waals surface area contributed by atoms with Gasteiger partial charge in [-0.25, -0.2) is 4.79 Å². The first-order chi connectivity index (χ1) is 15.1. The molecule has 0 radical (unpaired) electrons. The van der Waals surface area contributed by atoms with E-state index < -0.39 is 30.2 Å². The van der Waals surface area contributed by atoms with E-state index in [0.29, 0.717) is 11.5 Å². The third kappa shape index (κ3) is 5.65. The van der Waals surface area contributed by atoms with E-state index in [1.165, 1.54) is 6.07 Å². The van der Waals surface area contributed by atoms with Crippen LogP contribution in [0.5, 0.6) is 5.75 Å². The van der Waals surface area contributed by atoms with Crippen LogP contribution in [-0.2, 0) is 22.3 Å². The number of hydrogen-bond donors (Lipinski definition) is 1. The lowest BCUT2D eigenvalue weighted by atomic mass is 10.2. The van der Waals surface area contributed by atoms with E-state index in [4.69, 9.17) is 14.0 Å². The standard InChI is InChI=1S/C22H19F3N2O5/c1-13-18(14(2)32-27-13)11-30-19-6-4-3-5-17(19)21(29)31-12-20(28)26-16-9-7-15(8-10-16)22(23,24)25/h3-10H,11-12H2,1-2H3,(H,26,28). The van der Waals surface area contributed by atoms with E-state index in [-0.39, 0.29) is 23.6 Å². The van der Waals surface area contributed by atoms with Crippen molar-refractivity contribution in [3.63, 3.8) is 0 Å². The molecule has 0 aliphatic rings. The average Bonchev–Trinajstić information content (AvgIpc) is 3.08. The largest absolute Gasteiger partial charge is 0.488 e. The summed E-state index contributed by atoms with van der Waals surface area (Å²) in [4.78, 5) is 24.4. The minimum absolute atomic E-state index is 0.113. The van der Waals surface area contributed by atoms with Crippen LogP contribution in [0.25, 0.3) is 0 Å². The van der Waals surface area contributed by atoms with Crippen LogP contribution in [0.3, 0.4) is 0 Å². The minimum atomic E-state index is -4.47. The molecule has 1 aromatic heterocycles. The van der Waals surface area contributed by atoms with Gasteiger partial charge in [-0.2, -0.15) is 13.2 Å². The first-order valence-corrected chi connectivity index (χ1v) is 9.43. The van der Waals surface area contributed by atoms with Gasteiger partial charge in [0.05, 0.1) is 16.8 Å². The Morgan fingerprint density at radius 2 is 1.75 bits per heavy atom. The van der Waals surface area contributed by atoms with E-state index in [2.05, 4.69) is 10.5 Å². The Morgan fingerprint density at radius 1 is 1.06 bits per heavy atom. The van der Waals surface area contributed by atoms with Crippen LogP contribution in [0.2, 0.25) is 0 Å². The van der Waals surface area contributed by atoms with E-state index in [0.717, 1.165) is 29.8 Å². The maximum absolute atomic E-state index is 12.6. The summed E-state index contributed by atoms with van der Waals surface area (Å²) in [5, 5.41) is 6.21. The van der Waals surface area contributed by atoms with Crippen molar-refractivity contribution in [1.29, 1.82) is 0 Å². The van der Waals surface area contributed by atoms with Gasteiger partial charge in [-0.15, -0.1) is 0 Å². The van der Waals surface area contributed by atoms with Crippen LogP contribution >= 0.6 is 0 Å². The van der Waals surface area contributed by atoms with Crippen LogP contribution in [0, 0.1) is 13.8 Å². The molecule has 32 heavy (non-hydrogen) atoms. The molecule has 0 aliphatic heterocycles. The molecule has 3 aromatic rings. The van der Waals surface area contributed by atoms with Gasteiger partial charge in [-0.3, -0.25) is 4.79 Å². The number of ether oxygens (including phenoxy) is 2. The lowest BCUT2D eigenvalue weighted by molar-refractivity contribution is -0.137. The van der Waals surface area contributed by atoms with E-state index >= 15 is 0 Å². The van der Waals surface area contributed by atoms with Crippen LogP contribution in [0.4, 0.5) is 18.9 Å². The number of aromatic nitrogens is 1. The van der Waals surface area contributed by atoms with Crippen molar-refractivity contribution in [1.82, 2.24) is 5.16 Å². The fourth-order valence-electron chi connectivity index (χ4n) is 2.77. The number of hydrogen-bond acceptors (Lipinski definition) is 6. The molecule has 168 valence electrons. The number of carbonyl (C=O) groups excluding carboxylic acids is 2. The number of amides is 1. The number of nitrogens with zero attached hydrogens (tertiary/aromatic N) is 1. The predicted molar refractivity (Wildman–Crippen MR) is 107 cm³/mol. The van der Waals surface area contributed by atoms with Gasteiger partial charge in [-0.1, -0.05) is 17.3 Å². The minimum Gasteiger partial charge on any atom is -0.488 e. The number of para-hydroxylation sites is 1. The number of nitrogens with one attached hydrogen (secondary N) is 1. The molecule has 0 bridgehead atoms. The third-order valence-electron chi connectivity index (χ3n) is 4.49. The Bertz CT molecular complexity index is 1090. The van der Waals surface area contributed by atoms with Gasteiger partial charge in [0, 0.05) is 5.69 Å². The molecule has 0 spiro atoms. The number of anilines is 1. The highest BCUT2D eigenvalue weighted by Crippen LogP contribution is 2.29. The lowest BCUT2D eigenvalue weighted by Gasteiger charge is -2.12. The maximum atomic E-state index is 12.6. The zero-order chi connectivity index (χ0) is 23.3. The number of esters is 1. The maximum Gasteiger partial charge on any atom is 0.416 e. The molecule has 0 fully saturated rings. The van der Waals surface area contributed by atoms with Gasteiger partial charge in [-0.05, 0) is 50.2 Å². The summed E-state index contributed by atoms with van der Waals surface area (Å²) in [7, 11) is 0. The Labute approximate surface area is 181 Å². The second-order valence-corrected chi connectivity index (χ2v) is 6.79. The second kappa shape index (κ2) is 9.54. The van der Waals surface area contributed by atoms with Gasteiger partial charge >= 0.3 is 12.1 Å². The molecule has 1 amide bonds. The number of benzene rings is 2. The molecule has 0 unspecified atom stereocenters. The fraction of sp³-hybridized carbons (Fsp3) is 0.227. The summed E-state index contributed by atoms with van der Waals surface area (Å²) in [5.74, 6) is -0.641. The fourth-order valence-corrected chi connectivity index (χ4v) is 2.77. The molecule has 1 N–H and O–H groups in total. The number of alkyl halides is 3. The number of aryl methyl sites for hydroxylation is 2. The zero-order valence-electron chi connectivity index (χ0n) is 17.2. The van der Waals surface area contributed by atoms with Crippen LogP contribution in [0.1, 0.15) is 32.9 Å². The lowest BCUT2D eigenvalue weighted by Crippen LogP contribution is -2.21. The third-order valence-corrected chi connectivity index (χ3v) is 4.49. The van der Waals surface area contributed by atoms with Crippen LogP contribution < -0.4 is 10.1 Å².